The van der Waals surface area contributed by atoms with E-state index in [0.29, 0.717) is 12.6 Å². The first kappa shape index (κ1) is 14.2. The highest BCUT2D eigenvalue weighted by Crippen LogP contribution is 2.19. The normalized spacial score (nSPS) is 10.7. The maximum absolute atomic E-state index is 5.41. The van der Waals surface area contributed by atoms with Gasteiger partial charge in [0, 0.05) is 23.0 Å². The van der Waals surface area contributed by atoms with Gasteiger partial charge in [0.05, 0.1) is 6.54 Å². The third kappa shape index (κ3) is 4.16. The first-order valence-electron chi connectivity index (χ1n) is 6.18. The number of rotatable bonds is 5. The molecule has 17 heavy (non-hydrogen) atoms. The summed E-state index contributed by atoms with van der Waals surface area (Å²) < 4.78 is 0. The fourth-order valence-electron chi connectivity index (χ4n) is 1.99. The predicted octanol–water partition coefficient (Wildman–Crippen LogP) is 2.68. The summed E-state index contributed by atoms with van der Waals surface area (Å²) in [6, 6.07) is 2.75. The van der Waals surface area contributed by atoms with Crippen molar-refractivity contribution in [1.29, 1.82) is 0 Å². The molecule has 0 amide bonds. The van der Waals surface area contributed by atoms with Crippen LogP contribution in [0.25, 0.3) is 0 Å². The molecule has 2 N–H and O–H groups in total. The predicted molar refractivity (Wildman–Crippen MR) is 76.1 cm³/mol. The van der Waals surface area contributed by atoms with Gasteiger partial charge in [-0.1, -0.05) is 25.7 Å². The van der Waals surface area contributed by atoms with E-state index in [2.05, 4.69) is 49.1 Å². The average Bonchev–Trinajstić information content (AvgIpc) is 2.75. The molecule has 0 unspecified atom stereocenters. The third-order valence-electron chi connectivity index (χ3n) is 3.03. The number of hydrogen-bond acceptors (Lipinski definition) is 3. The van der Waals surface area contributed by atoms with Gasteiger partial charge in [-0.05, 0) is 31.3 Å². The topological polar surface area (TPSA) is 29.3 Å². The van der Waals surface area contributed by atoms with E-state index in [4.69, 9.17) is 5.73 Å². The standard InChI is InChI=1S/C14H22N2S/c1-4-13(5-2)16(3)11-14-12(7-6-9-15)8-10-17-14/h8,10,13H,4-5,9,11,15H2,1-3H3. The summed E-state index contributed by atoms with van der Waals surface area (Å²) in [4.78, 5) is 3.76. The molecule has 0 aliphatic heterocycles. The van der Waals surface area contributed by atoms with Crippen molar-refractivity contribution in [2.24, 2.45) is 5.73 Å². The molecule has 0 saturated heterocycles. The van der Waals surface area contributed by atoms with Crippen LogP contribution in [0.2, 0.25) is 0 Å². The minimum atomic E-state index is 0.428. The molecule has 1 aromatic rings. The van der Waals surface area contributed by atoms with Gasteiger partial charge < -0.3 is 5.73 Å². The number of nitrogens with two attached hydrogens (primary N) is 1. The van der Waals surface area contributed by atoms with Gasteiger partial charge >= 0.3 is 0 Å². The monoisotopic (exact) mass is 250 g/mol. The van der Waals surface area contributed by atoms with Crippen LogP contribution in [-0.2, 0) is 6.54 Å². The van der Waals surface area contributed by atoms with Crippen LogP contribution in [0.3, 0.4) is 0 Å². The van der Waals surface area contributed by atoms with E-state index in [9.17, 15) is 0 Å². The molecule has 0 aliphatic rings. The molecule has 0 radical (unpaired) electrons. The van der Waals surface area contributed by atoms with Crippen LogP contribution in [0.1, 0.15) is 37.1 Å². The van der Waals surface area contributed by atoms with Gasteiger partial charge in [0.15, 0.2) is 0 Å². The van der Waals surface area contributed by atoms with E-state index < -0.39 is 0 Å². The van der Waals surface area contributed by atoms with Crippen molar-refractivity contribution in [3.8, 4) is 11.8 Å². The molecular weight excluding hydrogens is 228 g/mol. The summed E-state index contributed by atoms with van der Waals surface area (Å²) in [6.45, 7) is 5.90. The van der Waals surface area contributed by atoms with Crippen molar-refractivity contribution in [2.75, 3.05) is 13.6 Å². The van der Waals surface area contributed by atoms with Crippen LogP contribution >= 0.6 is 11.3 Å². The van der Waals surface area contributed by atoms with E-state index in [1.54, 1.807) is 11.3 Å². The maximum atomic E-state index is 5.41. The zero-order valence-corrected chi connectivity index (χ0v) is 11.8. The van der Waals surface area contributed by atoms with Gasteiger partial charge in [0.2, 0.25) is 0 Å². The molecule has 0 atom stereocenters. The Hall–Kier alpha value is -0.820. The number of hydrogen-bond donors (Lipinski definition) is 1. The average molecular weight is 250 g/mol. The second-order valence-electron chi connectivity index (χ2n) is 4.15. The van der Waals surface area contributed by atoms with Crippen molar-refractivity contribution in [3.05, 3.63) is 21.9 Å². The molecule has 1 heterocycles. The van der Waals surface area contributed by atoms with E-state index in [1.165, 1.54) is 17.7 Å². The van der Waals surface area contributed by atoms with E-state index in [-0.39, 0.29) is 0 Å². The van der Waals surface area contributed by atoms with E-state index >= 15 is 0 Å². The zero-order chi connectivity index (χ0) is 12.7. The quantitative estimate of drug-likeness (QED) is 0.814. The SMILES string of the molecule is CCC(CC)N(C)Cc1sccc1C#CCN. The van der Waals surface area contributed by atoms with Gasteiger partial charge in [0.25, 0.3) is 0 Å². The molecule has 0 spiro atoms. The molecular formula is C14H22N2S. The highest BCUT2D eigenvalue weighted by Gasteiger charge is 2.12. The minimum absolute atomic E-state index is 0.428. The molecule has 0 fully saturated rings. The zero-order valence-electron chi connectivity index (χ0n) is 11.0. The van der Waals surface area contributed by atoms with Gasteiger partial charge in [-0.15, -0.1) is 11.3 Å². The summed E-state index contributed by atoms with van der Waals surface area (Å²) >= 11 is 1.78. The lowest BCUT2D eigenvalue weighted by Gasteiger charge is -2.25. The molecule has 0 bridgehead atoms. The van der Waals surface area contributed by atoms with Crippen LogP contribution in [0, 0.1) is 11.8 Å². The molecule has 1 aromatic heterocycles. The first-order chi connectivity index (χ1) is 8.22. The Labute approximate surface area is 109 Å². The molecule has 1 rings (SSSR count). The van der Waals surface area contributed by atoms with Crippen molar-refractivity contribution < 1.29 is 0 Å². The summed E-state index contributed by atoms with van der Waals surface area (Å²) in [6.07, 6.45) is 2.39. The highest BCUT2D eigenvalue weighted by atomic mass is 32.1. The Kier molecular flexibility index (Phi) is 6.28. The van der Waals surface area contributed by atoms with Gasteiger partial charge in [-0.25, -0.2) is 0 Å². The lowest BCUT2D eigenvalue weighted by Crippen LogP contribution is -2.29. The summed E-state index contributed by atoms with van der Waals surface area (Å²) in [5.41, 5.74) is 6.54. The molecule has 3 heteroatoms. The van der Waals surface area contributed by atoms with Crippen LogP contribution < -0.4 is 5.73 Å². The first-order valence-corrected chi connectivity index (χ1v) is 7.06. The molecule has 0 saturated carbocycles. The minimum Gasteiger partial charge on any atom is -0.320 e. The number of thiophene rings is 1. The van der Waals surface area contributed by atoms with Crippen molar-refractivity contribution >= 4 is 11.3 Å². The van der Waals surface area contributed by atoms with Crippen LogP contribution in [0.4, 0.5) is 0 Å². The summed E-state index contributed by atoms with van der Waals surface area (Å²) in [5.74, 6) is 6.07. The molecule has 2 nitrogen and oxygen atoms in total. The third-order valence-corrected chi connectivity index (χ3v) is 3.94. The number of nitrogens with zero attached hydrogens (tertiary/aromatic N) is 1. The Morgan fingerprint density at radius 1 is 1.41 bits per heavy atom. The summed E-state index contributed by atoms with van der Waals surface area (Å²) in [7, 11) is 2.19. The largest absolute Gasteiger partial charge is 0.320 e. The van der Waals surface area contributed by atoms with Gasteiger partial charge in [-0.2, -0.15) is 0 Å². The highest BCUT2D eigenvalue weighted by molar-refractivity contribution is 7.10. The van der Waals surface area contributed by atoms with Crippen LogP contribution in [-0.4, -0.2) is 24.5 Å². The molecule has 94 valence electrons. The fourth-order valence-corrected chi connectivity index (χ4v) is 2.88. The van der Waals surface area contributed by atoms with Crippen LogP contribution in [0.5, 0.6) is 0 Å². The van der Waals surface area contributed by atoms with Gasteiger partial charge in [0.1, 0.15) is 0 Å². The second kappa shape index (κ2) is 7.50. The molecule has 0 aliphatic carbocycles. The summed E-state index contributed by atoms with van der Waals surface area (Å²) in [5, 5.41) is 2.11. The lowest BCUT2D eigenvalue weighted by atomic mass is 10.1. The Balaban J connectivity index is 2.71. The molecule has 0 aromatic carbocycles. The lowest BCUT2D eigenvalue weighted by molar-refractivity contribution is 0.223. The van der Waals surface area contributed by atoms with Crippen molar-refractivity contribution in [2.45, 2.75) is 39.3 Å². The maximum Gasteiger partial charge on any atom is 0.0555 e. The second-order valence-corrected chi connectivity index (χ2v) is 5.15. The Bertz CT molecular complexity index is 382. The van der Waals surface area contributed by atoms with Crippen molar-refractivity contribution in [1.82, 2.24) is 4.90 Å². The van der Waals surface area contributed by atoms with E-state index in [0.717, 1.165) is 12.1 Å². The fraction of sp³-hybridized carbons (Fsp3) is 0.571. The van der Waals surface area contributed by atoms with Gasteiger partial charge in [-0.3, -0.25) is 4.90 Å². The van der Waals surface area contributed by atoms with Crippen LogP contribution in [0.15, 0.2) is 11.4 Å². The van der Waals surface area contributed by atoms with E-state index in [1.807, 2.05) is 0 Å². The van der Waals surface area contributed by atoms with Crippen molar-refractivity contribution in [3.63, 3.8) is 0 Å². The Morgan fingerprint density at radius 3 is 2.71 bits per heavy atom. The Morgan fingerprint density at radius 2 is 2.12 bits per heavy atom. The smallest absolute Gasteiger partial charge is 0.0555 e.